The van der Waals surface area contributed by atoms with Gasteiger partial charge in [-0.25, -0.2) is 4.79 Å². The normalized spacial score (nSPS) is 23.1. The number of nitrogens with zero attached hydrogens (tertiary/aromatic N) is 1. The fourth-order valence-corrected chi connectivity index (χ4v) is 5.40. The van der Waals surface area contributed by atoms with Crippen LogP contribution in [0.3, 0.4) is 0 Å². The largest absolute Gasteiger partial charge is 0.444 e. The average Bonchev–Trinajstić information content (AvgIpc) is 3.14. The number of ketones is 1. The third kappa shape index (κ3) is 7.82. The van der Waals surface area contributed by atoms with Crippen LogP contribution in [0.4, 0.5) is 4.79 Å². The number of unbranched alkanes of at least 4 members (excludes halogenated alkanes) is 1. The highest BCUT2D eigenvalue weighted by molar-refractivity contribution is 6.38. The molecule has 2 fully saturated rings. The highest BCUT2D eigenvalue weighted by Crippen LogP contribution is 2.65. The quantitative estimate of drug-likeness (QED) is 0.269. The Morgan fingerprint density at radius 2 is 1.69 bits per heavy atom. The highest BCUT2D eigenvalue weighted by Gasteiger charge is 2.70. The van der Waals surface area contributed by atoms with Gasteiger partial charge in [-0.2, -0.15) is 0 Å². The fourth-order valence-electron chi connectivity index (χ4n) is 5.40. The molecule has 0 aromatic carbocycles. The Kier molecular flexibility index (Phi) is 10.0. The molecule has 10 heteroatoms. The van der Waals surface area contributed by atoms with E-state index in [1.165, 1.54) is 11.0 Å². The van der Waals surface area contributed by atoms with E-state index in [0.29, 0.717) is 19.4 Å². The zero-order valence-corrected chi connectivity index (χ0v) is 25.1. The van der Waals surface area contributed by atoms with Crippen molar-refractivity contribution >= 4 is 29.6 Å². The van der Waals surface area contributed by atoms with Gasteiger partial charge in [-0.3, -0.25) is 19.2 Å². The summed E-state index contributed by atoms with van der Waals surface area (Å²) in [6.07, 6.45) is 2.49. The summed E-state index contributed by atoms with van der Waals surface area (Å²) in [6.45, 7) is 20.9. The van der Waals surface area contributed by atoms with E-state index in [2.05, 4.69) is 36.4 Å². The Morgan fingerprint density at radius 1 is 1.08 bits per heavy atom. The third-order valence-corrected chi connectivity index (χ3v) is 7.64. The summed E-state index contributed by atoms with van der Waals surface area (Å²) < 4.78 is 5.40. The van der Waals surface area contributed by atoms with Crippen LogP contribution in [0.1, 0.15) is 81.6 Å². The number of hydrogen-bond donors (Lipinski definition) is 3. The van der Waals surface area contributed by atoms with E-state index in [4.69, 9.17) is 4.74 Å². The number of carbonyl (C=O) groups is 5. The number of fused-ring (bicyclic) bond motifs is 1. The van der Waals surface area contributed by atoms with Crippen LogP contribution >= 0.6 is 0 Å². The zero-order chi connectivity index (χ0) is 29.9. The summed E-state index contributed by atoms with van der Waals surface area (Å²) in [5.74, 6) is -2.33. The Morgan fingerprint density at radius 3 is 2.21 bits per heavy atom. The molecule has 2 rings (SSSR count). The van der Waals surface area contributed by atoms with Gasteiger partial charge in [-0.05, 0) is 49.9 Å². The molecular formula is C29H48N4O6. The third-order valence-electron chi connectivity index (χ3n) is 7.64. The van der Waals surface area contributed by atoms with Crippen molar-refractivity contribution in [3.63, 3.8) is 0 Å². The molecule has 1 saturated heterocycles. The lowest BCUT2D eigenvalue weighted by molar-refractivity contribution is -0.145. The molecule has 2 aliphatic rings. The molecule has 5 atom stereocenters. The molecule has 0 aromatic heterocycles. The van der Waals surface area contributed by atoms with Crippen LogP contribution in [-0.2, 0) is 23.9 Å². The molecule has 0 radical (unpaired) electrons. The fraction of sp³-hybridized carbons (Fsp3) is 0.759. The van der Waals surface area contributed by atoms with Crippen LogP contribution in [0.5, 0.6) is 0 Å². The molecule has 220 valence electrons. The smallest absolute Gasteiger partial charge is 0.408 e. The predicted octanol–water partition coefficient (Wildman–Crippen LogP) is 2.96. The van der Waals surface area contributed by atoms with E-state index in [-0.39, 0.29) is 29.7 Å². The Bertz CT molecular complexity index is 977. The molecule has 4 amide bonds. The van der Waals surface area contributed by atoms with Crippen molar-refractivity contribution in [1.29, 1.82) is 0 Å². The summed E-state index contributed by atoms with van der Waals surface area (Å²) in [5.41, 5.74) is -1.56. The van der Waals surface area contributed by atoms with Crippen molar-refractivity contribution in [3.05, 3.63) is 12.7 Å². The van der Waals surface area contributed by atoms with Crippen molar-refractivity contribution in [3.8, 4) is 0 Å². The lowest BCUT2D eigenvalue weighted by Gasteiger charge is -2.38. The summed E-state index contributed by atoms with van der Waals surface area (Å²) in [7, 11) is 0. The molecule has 1 aliphatic heterocycles. The van der Waals surface area contributed by atoms with Crippen LogP contribution in [0.25, 0.3) is 0 Å². The molecular weight excluding hydrogens is 500 g/mol. The first kappa shape index (κ1) is 32.3. The second-order valence-electron chi connectivity index (χ2n) is 13.4. The van der Waals surface area contributed by atoms with Crippen LogP contribution in [0, 0.1) is 22.7 Å². The number of piperidine rings is 1. The molecule has 1 aliphatic carbocycles. The number of carbonyl (C=O) groups excluding carboxylic acids is 5. The molecule has 0 aromatic rings. The molecule has 10 nitrogen and oxygen atoms in total. The summed E-state index contributed by atoms with van der Waals surface area (Å²) in [4.78, 5) is 67.1. The summed E-state index contributed by atoms with van der Waals surface area (Å²) >= 11 is 0. The van der Waals surface area contributed by atoms with Gasteiger partial charge >= 0.3 is 6.09 Å². The van der Waals surface area contributed by atoms with Gasteiger partial charge in [0.2, 0.25) is 17.6 Å². The number of amides is 4. The van der Waals surface area contributed by atoms with Gasteiger partial charge in [0.15, 0.2) is 0 Å². The lowest BCUT2D eigenvalue weighted by Crippen LogP contribution is -2.60. The van der Waals surface area contributed by atoms with E-state index in [1.54, 1.807) is 20.8 Å². The van der Waals surface area contributed by atoms with Crippen LogP contribution in [0.15, 0.2) is 12.7 Å². The topological polar surface area (TPSA) is 134 Å². The monoisotopic (exact) mass is 548 g/mol. The minimum Gasteiger partial charge on any atom is -0.444 e. The zero-order valence-electron chi connectivity index (χ0n) is 25.1. The van der Waals surface area contributed by atoms with E-state index in [1.807, 2.05) is 27.7 Å². The summed E-state index contributed by atoms with van der Waals surface area (Å²) in [6, 6.07) is -2.76. The van der Waals surface area contributed by atoms with Crippen LogP contribution in [0.2, 0.25) is 0 Å². The second-order valence-corrected chi connectivity index (χ2v) is 13.4. The van der Waals surface area contributed by atoms with Gasteiger partial charge in [0.25, 0.3) is 5.91 Å². The maximum absolute atomic E-state index is 13.9. The highest BCUT2D eigenvalue weighted by atomic mass is 16.6. The van der Waals surface area contributed by atoms with Gasteiger partial charge in [0, 0.05) is 13.1 Å². The van der Waals surface area contributed by atoms with Crippen molar-refractivity contribution in [1.82, 2.24) is 20.9 Å². The first-order chi connectivity index (χ1) is 17.9. The van der Waals surface area contributed by atoms with Crippen molar-refractivity contribution in [2.24, 2.45) is 22.7 Å². The van der Waals surface area contributed by atoms with Gasteiger partial charge in [0.05, 0.1) is 6.04 Å². The van der Waals surface area contributed by atoms with Gasteiger partial charge in [-0.1, -0.05) is 60.5 Å². The first-order valence-corrected chi connectivity index (χ1v) is 13.9. The van der Waals surface area contributed by atoms with Crippen molar-refractivity contribution < 1.29 is 28.7 Å². The molecule has 1 heterocycles. The number of rotatable bonds is 11. The Labute approximate surface area is 233 Å². The second kappa shape index (κ2) is 12.1. The van der Waals surface area contributed by atoms with E-state index in [0.717, 1.165) is 6.42 Å². The Hall–Kier alpha value is -2.91. The van der Waals surface area contributed by atoms with Gasteiger partial charge < -0.3 is 25.6 Å². The average molecular weight is 549 g/mol. The maximum atomic E-state index is 13.9. The SMILES string of the molecule is C=CCNC(=O)C(=O)C(CCCC)NC(=O)[C@@H]1[C@@H]2[C@H](CN1C(=O)[C@@H](NC(=O)OC(C)(C)C)C(C)(C)C)C2(C)C. The Balaban J connectivity index is 2.31. The van der Waals surface area contributed by atoms with Crippen LogP contribution in [-0.4, -0.2) is 71.3 Å². The molecule has 39 heavy (non-hydrogen) atoms. The van der Waals surface area contributed by atoms with Crippen molar-refractivity contribution in [2.45, 2.75) is 105 Å². The molecule has 3 N–H and O–H groups in total. The summed E-state index contributed by atoms with van der Waals surface area (Å²) in [5, 5.41) is 8.00. The standard InChI is InChI=1S/C29H48N4O6/c1-11-13-14-18(21(34)24(36)30-15-12-2)31-23(35)20-19-17(29(19,9)10)16-33(20)25(37)22(27(3,4)5)32-26(38)39-28(6,7)8/h12,17-20,22H,2,11,13-16H2,1,3-10H3,(H,30,36)(H,31,35)(H,32,38)/t17-,18?,19-,20-,22+/m0/s1. The molecule has 0 bridgehead atoms. The first-order valence-electron chi connectivity index (χ1n) is 13.9. The number of ether oxygens (including phenoxy) is 1. The minimum absolute atomic E-state index is 0.0971. The number of likely N-dealkylation sites (tertiary alicyclic amines) is 1. The molecule has 0 spiro atoms. The minimum atomic E-state index is -1.00. The number of hydrogen-bond acceptors (Lipinski definition) is 6. The van der Waals surface area contributed by atoms with Gasteiger partial charge in [0.1, 0.15) is 17.7 Å². The number of nitrogens with one attached hydrogen (secondary N) is 3. The predicted molar refractivity (Wildman–Crippen MR) is 149 cm³/mol. The lowest BCUT2D eigenvalue weighted by atomic mass is 9.85. The van der Waals surface area contributed by atoms with E-state index in [9.17, 15) is 24.0 Å². The van der Waals surface area contributed by atoms with Gasteiger partial charge in [-0.15, -0.1) is 6.58 Å². The molecule has 1 saturated carbocycles. The van der Waals surface area contributed by atoms with E-state index < -0.39 is 52.8 Å². The maximum Gasteiger partial charge on any atom is 0.408 e. The molecule has 1 unspecified atom stereocenters. The van der Waals surface area contributed by atoms with Crippen molar-refractivity contribution in [2.75, 3.05) is 13.1 Å². The number of alkyl carbamates (subject to hydrolysis) is 1. The van der Waals surface area contributed by atoms with Crippen LogP contribution < -0.4 is 16.0 Å². The van der Waals surface area contributed by atoms with E-state index >= 15 is 0 Å². The number of Topliss-reactive ketones (excluding diaryl/α,β-unsaturated/α-hetero) is 1.